The van der Waals surface area contributed by atoms with Crippen molar-refractivity contribution in [2.24, 2.45) is 5.73 Å². The Morgan fingerprint density at radius 3 is 2.36 bits per heavy atom. The van der Waals surface area contributed by atoms with Gasteiger partial charge in [0.25, 0.3) is 11.8 Å². The molecule has 0 fully saturated rings. The number of nitrogens with zero attached hydrogens (tertiary/aromatic N) is 1. The number of benzene rings is 2. The molecule has 3 aromatic rings. The van der Waals surface area contributed by atoms with Gasteiger partial charge in [0.05, 0.1) is 16.6 Å². The SMILES string of the molecule is Cc1c(C(N)=O)c2ccccc2n1C(=O)c1ccccc1Br. The molecular weight excluding hydrogens is 344 g/mol. The van der Waals surface area contributed by atoms with Crippen LogP contribution in [0.25, 0.3) is 10.9 Å². The van der Waals surface area contributed by atoms with Crippen molar-refractivity contribution >= 4 is 38.6 Å². The van der Waals surface area contributed by atoms with E-state index in [0.717, 1.165) is 0 Å². The van der Waals surface area contributed by atoms with E-state index < -0.39 is 5.91 Å². The zero-order chi connectivity index (χ0) is 15.9. The molecule has 0 saturated heterocycles. The van der Waals surface area contributed by atoms with E-state index in [9.17, 15) is 9.59 Å². The van der Waals surface area contributed by atoms with Gasteiger partial charge in [0.15, 0.2) is 0 Å². The Kier molecular flexibility index (Phi) is 3.58. The minimum absolute atomic E-state index is 0.200. The van der Waals surface area contributed by atoms with Crippen LogP contribution in [0.1, 0.15) is 26.4 Å². The van der Waals surface area contributed by atoms with Crippen molar-refractivity contribution in [2.75, 3.05) is 0 Å². The Labute approximate surface area is 135 Å². The highest BCUT2D eigenvalue weighted by Gasteiger charge is 2.23. The first kappa shape index (κ1) is 14.5. The largest absolute Gasteiger partial charge is 0.366 e. The van der Waals surface area contributed by atoms with Crippen molar-refractivity contribution < 1.29 is 9.59 Å². The van der Waals surface area contributed by atoms with Crippen LogP contribution in [-0.4, -0.2) is 16.4 Å². The lowest BCUT2D eigenvalue weighted by Crippen LogP contribution is -2.17. The van der Waals surface area contributed by atoms with Gasteiger partial charge in [-0.15, -0.1) is 0 Å². The molecule has 22 heavy (non-hydrogen) atoms. The van der Waals surface area contributed by atoms with E-state index in [-0.39, 0.29) is 5.91 Å². The highest BCUT2D eigenvalue weighted by Crippen LogP contribution is 2.27. The Bertz CT molecular complexity index is 912. The first-order chi connectivity index (χ1) is 10.5. The second-order valence-corrected chi connectivity index (χ2v) is 5.82. The Balaban J connectivity index is 2.32. The smallest absolute Gasteiger partial charge is 0.263 e. The van der Waals surface area contributed by atoms with E-state index in [2.05, 4.69) is 15.9 Å². The van der Waals surface area contributed by atoms with Crippen LogP contribution in [0.5, 0.6) is 0 Å². The fraction of sp³-hybridized carbons (Fsp3) is 0.0588. The molecule has 0 aliphatic heterocycles. The minimum atomic E-state index is -0.535. The summed E-state index contributed by atoms with van der Waals surface area (Å²) in [5.41, 5.74) is 7.63. The van der Waals surface area contributed by atoms with Crippen molar-refractivity contribution in [3.63, 3.8) is 0 Å². The fourth-order valence-corrected chi connectivity index (χ4v) is 3.15. The lowest BCUT2D eigenvalue weighted by molar-refractivity contribution is 0.0962. The number of amides is 1. The van der Waals surface area contributed by atoms with Crippen LogP contribution in [0.2, 0.25) is 0 Å². The molecule has 3 rings (SSSR count). The Morgan fingerprint density at radius 1 is 1.05 bits per heavy atom. The third-order valence-electron chi connectivity index (χ3n) is 3.67. The third kappa shape index (κ3) is 2.14. The normalized spacial score (nSPS) is 10.8. The van der Waals surface area contributed by atoms with Gasteiger partial charge in [0, 0.05) is 15.6 Å². The maximum absolute atomic E-state index is 12.9. The van der Waals surface area contributed by atoms with Crippen LogP contribution in [0, 0.1) is 6.92 Å². The summed E-state index contributed by atoms with van der Waals surface area (Å²) in [6.07, 6.45) is 0. The standard InChI is InChI=1S/C17H13BrN2O2/c1-10-15(16(19)21)12-7-3-5-9-14(12)20(10)17(22)11-6-2-4-8-13(11)18/h2-9H,1H3,(H2,19,21). The molecule has 0 aliphatic rings. The maximum Gasteiger partial charge on any atom is 0.263 e. The van der Waals surface area contributed by atoms with E-state index in [4.69, 9.17) is 5.73 Å². The zero-order valence-corrected chi connectivity index (χ0v) is 13.4. The summed E-state index contributed by atoms with van der Waals surface area (Å²) in [6.45, 7) is 1.73. The number of halogens is 1. The molecule has 0 radical (unpaired) electrons. The predicted octanol–water partition coefficient (Wildman–Crippen LogP) is 3.50. The van der Waals surface area contributed by atoms with Crippen molar-refractivity contribution in [1.82, 2.24) is 4.57 Å². The van der Waals surface area contributed by atoms with Crippen LogP contribution in [0.15, 0.2) is 53.0 Å². The molecule has 0 unspecified atom stereocenters. The van der Waals surface area contributed by atoms with Crippen LogP contribution >= 0.6 is 15.9 Å². The number of nitrogens with two attached hydrogens (primary N) is 1. The summed E-state index contributed by atoms with van der Waals surface area (Å²) in [5, 5.41) is 0.688. The van der Waals surface area contributed by atoms with Gasteiger partial charge in [-0.1, -0.05) is 30.3 Å². The number of carbonyl (C=O) groups excluding carboxylic acids is 2. The molecule has 2 aromatic carbocycles. The zero-order valence-electron chi connectivity index (χ0n) is 11.8. The minimum Gasteiger partial charge on any atom is -0.366 e. The topological polar surface area (TPSA) is 65.1 Å². The molecule has 4 nitrogen and oxygen atoms in total. The molecule has 0 bridgehead atoms. The molecular formula is C17H13BrN2O2. The Hall–Kier alpha value is -2.40. The number of primary amides is 1. The third-order valence-corrected chi connectivity index (χ3v) is 4.36. The number of rotatable bonds is 2. The van der Waals surface area contributed by atoms with Gasteiger partial charge in [0.2, 0.25) is 0 Å². The quantitative estimate of drug-likeness (QED) is 0.763. The second-order valence-electron chi connectivity index (χ2n) is 4.96. The number of fused-ring (bicyclic) bond motifs is 1. The summed E-state index contributed by atoms with van der Waals surface area (Å²) >= 11 is 3.39. The molecule has 1 heterocycles. The van der Waals surface area contributed by atoms with Crippen LogP contribution in [0.3, 0.4) is 0 Å². The molecule has 110 valence electrons. The molecule has 1 aromatic heterocycles. The molecule has 0 spiro atoms. The van der Waals surface area contributed by atoms with Gasteiger partial charge < -0.3 is 5.73 Å². The summed E-state index contributed by atoms with van der Waals surface area (Å²) in [4.78, 5) is 24.7. The monoisotopic (exact) mass is 356 g/mol. The first-order valence-electron chi connectivity index (χ1n) is 6.71. The van der Waals surface area contributed by atoms with Crippen molar-refractivity contribution in [2.45, 2.75) is 6.92 Å². The molecule has 0 atom stereocenters. The molecule has 2 N–H and O–H groups in total. The van der Waals surface area contributed by atoms with Gasteiger partial charge in [0.1, 0.15) is 0 Å². The highest BCUT2D eigenvalue weighted by molar-refractivity contribution is 9.10. The maximum atomic E-state index is 12.9. The van der Waals surface area contributed by atoms with Gasteiger partial charge in [-0.3, -0.25) is 14.2 Å². The average Bonchev–Trinajstić information content (AvgIpc) is 2.79. The first-order valence-corrected chi connectivity index (χ1v) is 7.50. The molecule has 0 aliphatic carbocycles. The number of para-hydroxylation sites is 1. The number of hydrogen-bond acceptors (Lipinski definition) is 2. The predicted molar refractivity (Wildman–Crippen MR) is 89.1 cm³/mol. The average molecular weight is 357 g/mol. The van der Waals surface area contributed by atoms with Gasteiger partial charge >= 0.3 is 0 Å². The lowest BCUT2D eigenvalue weighted by atomic mass is 10.1. The fourth-order valence-electron chi connectivity index (χ4n) is 2.70. The number of hydrogen-bond donors (Lipinski definition) is 1. The summed E-state index contributed by atoms with van der Waals surface area (Å²) in [5.74, 6) is -0.735. The van der Waals surface area contributed by atoms with Crippen molar-refractivity contribution in [1.29, 1.82) is 0 Å². The van der Waals surface area contributed by atoms with E-state index in [1.807, 2.05) is 30.3 Å². The van der Waals surface area contributed by atoms with E-state index in [1.165, 1.54) is 4.57 Å². The van der Waals surface area contributed by atoms with Crippen LogP contribution < -0.4 is 5.73 Å². The number of carbonyl (C=O) groups is 2. The van der Waals surface area contributed by atoms with Crippen LogP contribution in [-0.2, 0) is 0 Å². The molecule has 1 amide bonds. The lowest BCUT2D eigenvalue weighted by Gasteiger charge is -2.08. The van der Waals surface area contributed by atoms with Crippen molar-refractivity contribution in [3.05, 3.63) is 69.8 Å². The highest BCUT2D eigenvalue weighted by atomic mass is 79.9. The Morgan fingerprint density at radius 2 is 1.68 bits per heavy atom. The second kappa shape index (κ2) is 5.42. The molecule has 0 saturated carbocycles. The van der Waals surface area contributed by atoms with E-state index >= 15 is 0 Å². The van der Waals surface area contributed by atoms with E-state index in [1.54, 1.807) is 25.1 Å². The van der Waals surface area contributed by atoms with Gasteiger partial charge in [-0.25, -0.2) is 0 Å². The summed E-state index contributed by atoms with van der Waals surface area (Å²) in [7, 11) is 0. The summed E-state index contributed by atoms with van der Waals surface area (Å²) in [6, 6.07) is 14.5. The van der Waals surface area contributed by atoms with Gasteiger partial charge in [-0.2, -0.15) is 0 Å². The van der Waals surface area contributed by atoms with Crippen LogP contribution in [0.4, 0.5) is 0 Å². The van der Waals surface area contributed by atoms with E-state index in [0.29, 0.717) is 32.2 Å². The van der Waals surface area contributed by atoms with Crippen molar-refractivity contribution in [3.8, 4) is 0 Å². The molecule has 5 heteroatoms. The van der Waals surface area contributed by atoms with Gasteiger partial charge in [-0.05, 0) is 41.1 Å². The summed E-state index contributed by atoms with van der Waals surface area (Å²) < 4.78 is 2.24. The number of aromatic nitrogens is 1.